The molecule has 0 unspecified atom stereocenters. The maximum atomic E-state index is 12.4. The molecule has 8 nitrogen and oxygen atoms in total. The van der Waals surface area contributed by atoms with Crippen molar-refractivity contribution in [1.29, 1.82) is 0 Å². The minimum Gasteiger partial charge on any atom is -0.512 e. The lowest BCUT2D eigenvalue weighted by Gasteiger charge is -2.18. The van der Waals surface area contributed by atoms with Crippen LogP contribution in [0.5, 0.6) is 11.5 Å². The van der Waals surface area contributed by atoms with Crippen LogP contribution in [0.25, 0.3) is 16.8 Å². The van der Waals surface area contributed by atoms with Crippen LogP contribution in [-0.2, 0) is 0 Å². The van der Waals surface area contributed by atoms with Gasteiger partial charge in [0.05, 0.1) is 22.9 Å². The number of hydrogen-bond acceptors (Lipinski definition) is 8. The third-order valence-electron chi connectivity index (χ3n) is 3.83. The quantitative estimate of drug-likeness (QED) is 0.393. The van der Waals surface area contributed by atoms with E-state index in [4.69, 9.17) is 0 Å². The van der Waals surface area contributed by atoms with Gasteiger partial charge in [0.1, 0.15) is 4.88 Å². The molecule has 0 amide bonds. The molecule has 0 saturated heterocycles. The molecule has 0 saturated carbocycles. The Kier molecular flexibility index (Phi) is 3.51. The number of thiophene rings is 1. The molecule has 1 aromatic carbocycles. The van der Waals surface area contributed by atoms with E-state index in [1.54, 1.807) is 28.3 Å². The Labute approximate surface area is 149 Å². The molecule has 3 heterocycles. The second-order valence-corrected chi connectivity index (χ2v) is 6.16. The van der Waals surface area contributed by atoms with Crippen molar-refractivity contribution in [2.75, 3.05) is 0 Å². The number of nitrogens with zero attached hydrogens (tertiary/aromatic N) is 1. The molecule has 0 radical (unpaired) electrons. The zero-order valence-corrected chi connectivity index (χ0v) is 13.6. The van der Waals surface area contributed by atoms with Crippen LogP contribution in [0.3, 0.4) is 0 Å². The van der Waals surface area contributed by atoms with Crippen molar-refractivity contribution in [3.05, 3.63) is 52.5 Å². The number of fused-ring (bicyclic) bond motifs is 3. The number of benzene rings is 1. The summed E-state index contributed by atoms with van der Waals surface area (Å²) < 4.78 is 10.6. The number of ether oxygens (including phenoxy) is 2. The Hall–Kier alpha value is -3.59. The fourth-order valence-electron chi connectivity index (χ4n) is 2.85. The zero-order valence-electron chi connectivity index (χ0n) is 12.8. The van der Waals surface area contributed by atoms with E-state index in [1.165, 1.54) is 29.5 Å². The van der Waals surface area contributed by atoms with E-state index >= 15 is 0 Å². The predicted octanol–water partition coefficient (Wildman–Crippen LogP) is 1.19. The molecule has 0 fully saturated rings. The first-order valence-corrected chi connectivity index (χ1v) is 8.09. The number of carbonyl (C=O) groups excluding carboxylic acids is 3. The topological polar surface area (TPSA) is 121 Å². The van der Waals surface area contributed by atoms with E-state index < -0.39 is 12.3 Å². The van der Waals surface area contributed by atoms with Crippen LogP contribution in [0.1, 0.15) is 15.4 Å². The Balaban J connectivity index is 1.84. The van der Waals surface area contributed by atoms with E-state index in [2.05, 4.69) is 9.47 Å². The van der Waals surface area contributed by atoms with Gasteiger partial charge in [-0.2, -0.15) is 0 Å². The average Bonchev–Trinajstić information content (AvgIpc) is 3.24. The zero-order chi connectivity index (χ0) is 18.4. The number of carbonyl (C=O) groups is 3. The minimum atomic E-state index is -1.87. The summed E-state index contributed by atoms with van der Waals surface area (Å²) >= 11 is 1.26. The van der Waals surface area contributed by atoms with E-state index in [-0.39, 0.29) is 17.3 Å². The van der Waals surface area contributed by atoms with Crippen molar-refractivity contribution in [2.45, 2.75) is 0 Å². The number of aromatic nitrogens is 1. The summed E-state index contributed by atoms with van der Waals surface area (Å²) in [5.41, 5.74) is 2.39. The smallest absolute Gasteiger partial charge is 0.257 e. The molecule has 0 spiro atoms. The van der Waals surface area contributed by atoms with E-state index in [0.717, 1.165) is 0 Å². The van der Waals surface area contributed by atoms with Crippen molar-refractivity contribution in [2.24, 2.45) is 0 Å². The number of hydrogen-bond donors (Lipinski definition) is 0. The summed E-state index contributed by atoms with van der Waals surface area (Å²) in [5, 5.41) is 23.1. The summed E-state index contributed by atoms with van der Waals surface area (Å²) in [7, 11) is 0. The highest BCUT2D eigenvalue weighted by Gasteiger charge is 2.30. The van der Waals surface area contributed by atoms with Crippen LogP contribution in [0.2, 0.25) is 0 Å². The highest BCUT2D eigenvalue weighted by atomic mass is 32.1. The van der Waals surface area contributed by atoms with Crippen LogP contribution in [0.15, 0.2) is 41.9 Å². The van der Waals surface area contributed by atoms with Gasteiger partial charge in [0, 0.05) is 17.1 Å². The monoisotopic (exact) mass is 369 g/mol. The third kappa shape index (κ3) is 2.42. The van der Waals surface area contributed by atoms with Crippen LogP contribution in [-0.4, -0.2) is 22.7 Å². The molecular weight excluding hydrogens is 362 g/mol. The van der Waals surface area contributed by atoms with E-state index in [0.29, 0.717) is 27.4 Å². The molecule has 0 atom stereocenters. The van der Waals surface area contributed by atoms with E-state index in [1.807, 2.05) is 0 Å². The molecule has 4 rings (SSSR count). The van der Waals surface area contributed by atoms with Crippen LogP contribution < -0.4 is 19.7 Å². The average molecular weight is 369 g/mol. The lowest BCUT2D eigenvalue weighted by Crippen LogP contribution is -2.29. The van der Waals surface area contributed by atoms with Crippen molar-refractivity contribution < 1.29 is 34.1 Å². The Morgan fingerprint density at radius 3 is 2.50 bits per heavy atom. The highest BCUT2D eigenvalue weighted by Crippen LogP contribution is 2.43. The third-order valence-corrected chi connectivity index (χ3v) is 4.80. The number of rotatable bonds is 3. The maximum Gasteiger partial charge on any atom is 0.257 e. The summed E-state index contributed by atoms with van der Waals surface area (Å²) in [5.74, 6) is -0.796. The lowest BCUT2D eigenvalue weighted by atomic mass is 10.1. The standard InChI is InChI=1S/C17H9NO7S/c19-14-10-2-1-5-18(10)13-9(7-26-15(13)14)8-3-4-11(24-16(20)21)12(6-8)25-17(22)23/h1-7H,(H,20,21)(H,22,23)/p-2. The van der Waals surface area contributed by atoms with Crippen molar-refractivity contribution >= 4 is 29.4 Å². The number of ketones is 1. The fraction of sp³-hybridized carbons (Fsp3) is 0. The molecule has 0 aliphatic carbocycles. The van der Waals surface area contributed by atoms with Gasteiger partial charge in [0.2, 0.25) is 5.78 Å². The molecular formula is C17H7NO7S-2. The Morgan fingerprint density at radius 1 is 1.04 bits per heavy atom. The van der Waals surface area contributed by atoms with Crippen molar-refractivity contribution in [1.82, 2.24) is 4.57 Å². The first-order chi connectivity index (χ1) is 12.5. The van der Waals surface area contributed by atoms with Gasteiger partial charge in [-0.25, -0.2) is 0 Å². The summed E-state index contributed by atoms with van der Waals surface area (Å²) in [6, 6.07) is 7.51. The molecule has 0 N–H and O–H groups in total. The minimum absolute atomic E-state index is 0.0932. The fourth-order valence-corrected chi connectivity index (χ4v) is 3.87. The van der Waals surface area contributed by atoms with Gasteiger partial charge in [-0.05, 0) is 29.8 Å². The van der Waals surface area contributed by atoms with Gasteiger partial charge in [-0.1, -0.05) is 6.07 Å². The molecule has 26 heavy (non-hydrogen) atoms. The molecule has 130 valence electrons. The normalized spacial score (nSPS) is 11.8. The van der Waals surface area contributed by atoms with Gasteiger partial charge in [0.25, 0.3) is 12.3 Å². The molecule has 1 aliphatic rings. The van der Waals surface area contributed by atoms with Gasteiger partial charge < -0.3 is 33.8 Å². The van der Waals surface area contributed by atoms with Gasteiger partial charge in [-0.3, -0.25) is 4.79 Å². The van der Waals surface area contributed by atoms with Gasteiger partial charge in [0.15, 0.2) is 0 Å². The highest BCUT2D eigenvalue weighted by molar-refractivity contribution is 7.13. The second kappa shape index (κ2) is 5.74. The summed E-state index contributed by atoms with van der Waals surface area (Å²) in [6.07, 6.45) is -1.98. The van der Waals surface area contributed by atoms with Crippen LogP contribution in [0, 0.1) is 0 Å². The molecule has 1 aliphatic heterocycles. The lowest BCUT2D eigenvalue weighted by molar-refractivity contribution is -0.275. The van der Waals surface area contributed by atoms with Crippen molar-refractivity contribution in [3.63, 3.8) is 0 Å². The number of carboxylic acid groups (broad SMARTS) is 2. The molecule has 0 bridgehead atoms. The SMILES string of the molecule is O=C([O-])Oc1ccc(-c2csc3c2-n2cccc2C3=O)cc1OC(=O)[O-]. The molecule has 2 aromatic heterocycles. The first kappa shape index (κ1) is 15.9. The van der Waals surface area contributed by atoms with Crippen molar-refractivity contribution in [3.8, 4) is 28.3 Å². The largest absolute Gasteiger partial charge is 0.512 e. The molecule has 3 aromatic rings. The van der Waals surface area contributed by atoms with Crippen LogP contribution >= 0.6 is 11.3 Å². The summed E-state index contributed by atoms with van der Waals surface area (Å²) in [4.78, 5) is 34.3. The predicted molar refractivity (Wildman–Crippen MR) is 84.6 cm³/mol. The van der Waals surface area contributed by atoms with Gasteiger partial charge in [-0.15, -0.1) is 11.3 Å². The van der Waals surface area contributed by atoms with Gasteiger partial charge >= 0.3 is 0 Å². The second-order valence-electron chi connectivity index (χ2n) is 5.29. The van der Waals surface area contributed by atoms with E-state index in [9.17, 15) is 24.6 Å². The first-order valence-electron chi connectivity index (χ1n) is 7.21. The summed E-state index contributed by atoms with van der Waals surface area (Å²) in [6.45, 7) is 0. The molecule has 9 heteroatoms. The maximum absolute atomic E-state index is 12.4. The Bertz CT molecular complexity index is 1080. The van der Waals surface area contributed by atoms with Crippen LogP contribution in [0.4, 0.5) is 9.59 Å². The Morgan fingerprint density at radius 2 is 1.77 bits per heavy atom.